The normalized spacial score (nSPS) is 16.2. The van der Waals surface area contributed by atoms with Crippen molar-refractivity contribution in [3.63, 3.8) is 0 Å². The molecule has 3 rings (SSSR count). The molecule has 0 N–H and O–H groups in total. The fourth-order valence-corrected chi connectivity index (χ4v) is 5.06. The predicted octanol–water partition coefficient (Wildman–Crippen LogP) is 2.04. The molecule has 132 valence electrons. The van der Waals surface area contributed by atoms with Gasteiger partial charge in [0, 0.05) is 43.6 Å². The Morgan fingerprint density at radius 1 is 1.20 bits per heavy atom. The molecule has 1 aromatic carbocycles. The topological polar surface area (TPSA) is 90.2 Å². The van der Waals surface area contributed by atoms with Gasteiger partial charge in [0.15, 0.2) is 0 Å². The van der Waals surface area contributed by atoms with E-state index in [1.807, 2.05) is 19.9 Å². The number of piperazine rings is 1. The maximum Gasteiger partial charge on any atom is 0.244 e. The van der Waals surface area contributed by atoms with Crippen molar-refractivity contribution in [3.8, 4) is 6.07 Å². The van der Waals surface area contributed by atoms with Crippen LogP contribution in [0.3, 0.4) is 0 Å². The van der Waals surface area contributed by atoms with E-state index < -0.39 is 10.0 Å². The van der Waals surface area contributed by atoms with Crippen LogP contribution in [0.25, 0.3) is 0 Å². The summed E-state index contributed by atoms with van der Waals surface area (Å²) in [4.78, 5) is 6.66. The van der Waals surface area contributed by atoms with E-state index in [1.165, 1.54) is 28.0 Å². The fraction of sp³-hybridized carbons (Fsp3) is 0.438. The lowest BCUT2D eigenvalue weighted by atomic mass is 10.2. The van der Waals surface area contributed by atoms with Crippen LogP contribution in [0.5, 0.6) is 0 Å². The highest BCUT2D eigenvalue weighted by Gasteiger charge is 2.31. The molecular formula is C16H19N5O2S2. The number of anilines is 1. The van der Waals surface area contributed by atoms with Gasteiger partial charge in [0.2, 0.25) is 15.2 Å². The van der Waals surface area contributed by atoms with Crippen LogP contribution in [-0.2, 0) is 10.0 Å². The van der Waals surface area contributed by atoms with Gasteiger partial charge in [-0.2, -0.15) is 13.9 Å². The summed E-state index contributed by atoms with van der Waals surface area (Å²) < 4.78 is 31.5. The first-order valence-corrected chi connectivity index (χ1v) is 10.2. The van der Waals surface area contributed by atoms with Gasteiger partial charge in [-0.25, -0.2) is 13.4 Å². The van der Waals surface area contributed by atoms with E-state index in [9.17, 15) is 8.42 Å². The molecule has 2 aromatic rings. The van der Waals surface area contributed by atoms with Gasteiger partial charge < -0.3 is 4.90 Å². The molecule has 0 unspecified atom stereocenters. The highest BCUT2D eigenvalue weighted by molar-refractivity contribution is 7.89. The SMILES string of the molecule is CC(C)c1nsc(N2CCN(S(=O)(=O)c3ccccc3C#N)CC2)n1. The number of rotatable bonds is 4. The lowest BCUT2D eigenvalue weighted by Crippen LogP contribution is -2.48. The summed E-state index contributed by atoms with van der Waals surface area (Å²) >= 11 is 1.35. The number of hydrogen-bond donors (Lipinski definition) is 0. The first-order valence-electron chi connectivity index (χ1n) is 8.01. The Balaban J connectivity index is 1.74. The molecule has 1 aliphatic rings. The predicted molar refractivity (Wildman–Crippen MR) is 96.1 cm³/mol. The van der Waals surface area contributed by atoms with Crippen molar-refractivity contribution in [2.75, 3.05) is 31.1 Å². The van der Waals surface area contributed by atoms with Crippen molar-refractivity contribution < 1.29 is 8.42 Å². The molecule has 1 aromatic heterocycles. The molecule has 0 bridgehead atoms. The highest BCUT2D eigenvalue weighted by Crippen LogP contribution is 2.25. The molecule has 0 radical (unpaired) electrons. The van der Waals surface area contributed by atoms with Crippen molar-refractivity contribution in [2.24, 2.45) is 0 Å². The van der Waals surface area contributed by atoms with Crippen LogP contribution < -0.4 is 4.90 Å². The third kappa shape index (κ3) is 3.51. The van der Waals surface area contributed by atoms with Gasteiger partial charge in [0.25, 0.3) is 0 Å². The molecule has 0 spiro atoms. The summed E-state index contributed by atoms with van der Waals surface area (Å²) in [6.07, 6.45) is 0. The molecule has 1 saturated heterocycles. The lowest BCUT2D eigenvalue weighted by Gasteiger charge is -2.33. The van der Waals surface area contributed by atoms with E-state index in [-0.39, 0.29) is 16.4 Å². The molecule has 1 fully saturated rings. The number of sulfonamides is 1. The zero-order chi connectivity index (χ0) is 18.0. The average molecular weight is 377 g/mol. The van der Waals surface area contributed by atoms with Crippen molar-refractivity contribution in [1.29, 1.82) is 5.26 Å². The van der Waals surface area contributed by atoms with E-state index in [2.05, 4.69) is 14.3 Å². The Labute approximate surface area is 151 Å². The monoisotopic (exact) mass is 377 g/mol. The Morgan fingerprint density at radius 3 is 2.48 bits per heavy atom. The first-order chi connectivity index (χ1) is 11.9. The summed E-state index contributed by atoms with van der Waals surface area (Å²) in [6, 6.07) is 8.27. The van der Waals surface area contributed by atoms with Crippen LogP contribution >= 0.6 is 11.5 Å². The Kier molecular flexibility index (Phi) is 5.03. The molecule has 0 amide bonds. The lowest BCUT2D eigenvalue weighted by molar-refractivity contribution is 0.384. The van der Waals surface area contributed by atoms with Crippen molar-refractivity contribution in [2.45, 2.75) is 24.7 Å². The number of nitrogens with zero attached hydrogens (tertiary/aromatic N) is 5. The molecule has 2 heterocycles. The second-order valence-electron chi connectivity index (χ2n) is 6.09. The molecule has 9 heteroatoms. The van der Waals surface area contributed by atoms with Gasteiger partial charge in [-0.1, -0.05) is 26.0 Å². The smallest absolute Gasteiger partial charge is 0.244 e. The van der Waals surface area contributed by atoms with Crippen LogP contribution in [0.2, 0.25) is 0 Å². The standard InChI is InChI=1S/C16H19N5O2S2/c1-12(2)15-18-16(24-19-15)20-7-9-21(10-8-20)25(22,23)14-6-4-3-5-13(14)11-17/h3-6,12H,7-10H2,1-2H3. The second kappa shape index (κ2) is 7.07. The molecule has 0 saturated carbocycles. The average Bonchev–Trinajstić information content (AvgIpc) is 3.12. The molecule has 0 aliphatic carbocycles. The molecule has 0 atom stereocenters. The van der Waals surface area contributed by atoms with Gasteiger partial charge in [-0.3, -0.25) is 0 Å². The Hall–Kier alpha value is -2.02. The third-order valence-corrected chi connectivity index (χ3v) is 6.83. The fourth-order valence-electron chi connectivity index (χ4n) is 2.63. The van der Waals surface area contributed by atoms with Gasteiger partial charge >= 0.3 is 0 Å². The largest absolute Gasteiger partial charge is 0.344 e. The van der Waals surface area contributed by atoms with E-state index in [0.29, 0.717) is 26.2 Å². The van der Waals surface area contributed by atoms with Crippen molar-refractivity contribution >= 4 is 26.7 Å². The molecule has 25 heavy (non-hydrogen) atoms. The summed E-state index contributed by atoms with van der Waals surface area (Å²) in [5.41, 5.74) is 0.177. The van der Waals surface area contributed by atoms with Gasteiger partial charge in [-0.15, -0.1) is 0 Å². The quantitative estimate of drug-likeness (QED) is 0.810. The van der Waals surface area contributed by atoms with E-state index in [0.717, 1.165) is 11.0 Å². The Bertz CT molecular complexity index is 893. The second-order valence-corrected chi connectivity index (χ2v) is 8.73. The Morgan fingerprint density at radius 2 is 1.88 bits per heavy atom. The number of benzene rings is 1. The van der Waals surface area contributed by atoms with E-state index >= 15 is 0 Å². The highest BCUT2D eigenvalue weighted by atomic mass is 32.2. The van der Waals surface area contributed by atoms with Gasteiger partial charge in [0.05, 0.1) is 10.5 Å². The zero-order valence-corrected chi connectivity index (χ0v) is 15.7. The molecule has 1 aliphatic heterocycles. The minimum Gasteiger partial charge on any atom is -0.344 e. The maximum atomic E-state index is 12.8. The van der Waals surface area contributed by atoms with E-state index in [1.54, 1.807) is 12.1 Å². The molecular weight excluding hydrogens is 358 g/mol. The van der Waals surface area contributed by atoms with Crippen molar-refractivity contribution in [3.05, 3.63) is 35.7 Å². The number of nitriles is 1. The molecule has 7 nitrogen and oxygen atoms in total. The number of hydrogen-bond acceptors (Lipinski definition) is 7. The zero-order valence-electron chi connectivity index (χ0n) is 14.1. The number of aromatic nitrogens is 2. The minimum absolute atomic E-state index is 0.0731. The summed E-state index contributed by atoms with van der Waals surface area (Å²) in [7, 11) is -3.67. The van der Waals surface area contributed by atoms with E-state index in [4.69, 9.17) is 5.26 Å². The third-order valence-electron chi connectivity index (χ3n) is 4.08. The summed E-state index contributed by atoms with van der Waals surface area (Å²) in [5, 5.41) is 9.99. The maximum absolute atomic E-state index is 12.8. The summed E-state index contributed by atoms with van der Waals surface area (Å²) in [6.45, 7) is 5.92. The van der Waals surface area contributed by atoms with Crippen LogP contribution in [0, 0.1) is 11.3 Å². The minimum atomic E-state index is -3.67. The van der Waals surface area contributed by atoms with Crippen LogP contribution in [0.4, 0.5) is 5.13 Å². The summed E-state index contributed by atoms with van der Waals surface area (Å²) in [5.74, 6) is 1.09. The first kappa shape index (κ1) is 17.8. The van der Waals surface area contributed by atoms with Gasteiger partial charge in [-0.05, 0) is 12.1 Å². The van der Waals surface area contributed by atoms with Crippen LogP contribution in [0.15, 0.2) is 29.2 Å². The van der Waals surface area contributed by atoms with Gasteiger partial charge in [0.1, 0.15) is 11.9 Å². The van der Waals surface area contributed by atoms with Crippen LogP contribution in [-0.4, -0.2) is 48.3 Å². The van der Waals surface area contributed by atoms with Crippen molar-refractivity contribution in [1.82, 2.24) is 13.7 Å². The van der Waals surface area contributed by atoms with Crippen LogP contribution in [0.1, 0.15) is 31.2 Å².